The first-order chi connectivity index (χ1) is 13.7. The number of halogens is 1. The van der Waals surface area contributed by atoms with E-state index in [4.69, 9.17) is 16.0 Å². The molecule has 4 rings (SSSR count). The number of hydrogen-bond donors (Lipinski definition) is 1. The molecule has 1 aliphatic heterocycles. The smallest absolute Gasteiger partial charge is 0.287 e. The number of nitrogens with zero attached hydrogens (tertiary/aromatic N) is 3. The van der Waals surface area contributed by atoms with E-state index in [2.05, 4.69) is 15.3 Å². The Kier molecular flexibility index (Phi) is 5.78. The first kappa shape index (κ1) is 18.8. The zero-order chi connectivity index (χ0) is 19.3. The minimum Gasteiger partial charge on any atom is -0.468 e. The molecule has 0 bridgehead atoms. The maximum absolute atomic E-state index is 12.6. The van der Waals surface area contributed by atoms with Crippen LogP contribution in [-0.2, 0) is 6.54 Å². The van der Waals surface area contributed by atoms with Gasteiger partial charge in [0.05, 0.1) is 30.7 Å². The first-order valence-electron chi connectivity index (χ1n) is 9.53. The van der Waals surface area contributed by atoms with Crippen molar-refractivity contribution in [3.8, 4) is 0 Å². The van der Waals surface area contributed by atoms with Crippen LogP contribution >= 0.6 is 11.6 Å². The molecule has 0 spiro atoms. The second-order valence-corrected chi connectivity index (χ2v) is 7.35. The lowest BCUT2D eigenvalue weighted by Crippen LogP contribution is -2.31. The minimum absolute atomic E-state index is 0.0975. The van der Waals surface area contributed by atoms with E-state index >= 15 is 0 Å². The Hall–Kier alpha value is -2.57. The van der Waals surface area contributed by atoms with Crippen LogP contribution in [0.3, 0.4) is 0 Å². The molecule has 28 heavy (non-hydrogen) atoms. The average molecular weight is 399 g/mol. The third-order valence-corrected chi connectivity index (χ3v) is 5.46. The second kappa shape index (κ2) is 8.63. The van der Waals surface area contributed by atoms with E-state index in [9.17, 15) is 4.79 Å². The summed E-state index contributed by atoms with van der Waals surface area (Å²) in [6.45, 7) is 3.06. The predicted molar refractivity (Wildman–Crippen MR) is 110 cm³/mol. The summed E-state index contributed by atoms with van der Waals surface area (Å²) >= 11 is 6.36. The molecule has 1 atom stereocenters. The van der Waals surface area contributed by atoms with Crippen LogP contribution in [-0.4, -0.2) is 34.3 Å². The van der Waals surface area contributed by atoms with Crippen molar-refractivity contribution in [1.29, 1.82) is 0 Å². The molecular weight excluding hydrogens is 376 g/mol. The van der Waals surface area contributed by atoms with E-state index in [1.807, 2.05) is 42.5 Å². The van der Waals surface area contributed by atoms with Crippen molar-refractivity contribution < 1.29 is 4.42 Å². The van der Waals surface area contributed by atoms with Crippen molar-refractivity contribution in [3.63, 3.8) is 0 Å². The van der Waals surface area contributed by atoms with Crippen LogP contribution in [0.15, 0.2) is 64.1 Å². The quantitative estimate of drug-likeness (QED) is 0.656. The van der Waals surface area contributed by atoms with E-state index in [0.29, 0.717) is 18.8 Å². The van der Waals surface area contributed by atoms with Gasteiger partial charge < -0.3 is 9.73 Å². The summed E-state index contributed by atoms with van der Waals surface area (Å²) in [4.78, 5) is 15.0. The lowest BCUT2D eigenvalue weighted by atomic mass is 10.2. The van der Waals surface area contributed by atoms with Gasteiger partial charge in [-0.2, -0.15) is 5.10 Å². The van der Waals surface area contributed by atoms with Crippen LogP contribution in [0, 0.1) is 0 Å². The van der Waals surface area contributed by atoms with Crippen molar-refractivity contribution in [1.82, 2.24) is 14.7 Å². The molecule has 7 heteroatoms. The Bertz CT molecular complexity index is 950. The summed E-state index contributed by atoms with van der Waals surface area (Å²) < 4.78 is 7.02. The molecule has 1 aromatic carbocycles. The van der Waals surface area contributed by atoms with E-state index in [0.717, 1.165) is 24.4 Å². The minimum atomic E-state index is -0.300. The highest BCUT2D eigenvalue weighted by molar-refractivity contribution is 6.32. The molecule has 0 aliphatic carbocycles. The molecule has 0 radical (unpaired) electrons. The summed E-state index contributed by atoms with van der Waals surface area (Å²) in [5, 5.41) is 7.75. The molecule has 1 N–H and O–H groups in total. The van der Waals surface area contributed by atoms with Gasteiger partial charge in [-0.05, 0) is 43.6 Å². The molecule has 1 saturated heterocycles. The Morgan fingerprint density at radius 3 is 2.64 bits per heavy atom. The molecular formula is C21H23ClN4O2. The standard InChI is InChI=1S/C21H23ClN4O2/c22-20-17(13-24-26(21(20)27)15-16-7-2-1-3-8-16)23-14-18(19-9-6-12-28-19)25-10-4-5-11-25/h1-3,6-9,12-13,18,23H,4-5,10-11,14-15H2. The Labute approximate surface area is 168 Å². The number of benzene rings is 1. The highest BCUT2D eigenvalue weighted by Gasteiger charge is 2.25. The van der Waals surface area contributed by atoms with Gasteiger partial charge >= 0.3 is 0 Å². The molecule has 6 nitrogen and oxygen atoms in total. The van der Waals surface area contributed by atoms with Crippen molar-refractivity contribution in [3.05, 3.63) is 81.6 Å². The summed E-state index contributed by atoms with van der Waals surface area (Å²) in [6, 6.07) is 13.7. The monoisotopic (exact) mass is 398 g/mol. The van der Waals surface area contributed by atoms with Crippen LogP contribution in [0.2, 0.25) is 5.02 Å². The number of aromatic nitrogens is 2. The maximum atomic E-state index is 12.6. The fraction of sp³-hybridized carbons (Fsp3) is 0.333. The molecule has 1 fully saturated rings. The number of rotatable bonds is 7. The van der Waals surface area contributed by atoms with Crippen LogP contribution < -0.4 is 10.9 Å². The van der Waals surface area contributed by atoms with Gasteiger partial charge in [-0.1, -0.05) is 41.9 Å². The number of likely N-dealkylation sites (tertiary alicyclic amines) is 1. The average Bonchev–Trinajstić information content (AvgIpc) is 3.43. The van der Waals surface area contributed by atoms with Gasteiger partial charge in [0, 0.05) is 6.54 Å². The van der Waals surface area contributed by atoms with Crippen LogP contribution in [0.5, 0.6) is 0 Å². The SMILES string of the molecule is O=c1c(Cl)c(NCC(c2ccco2)N2CCCC2)cnn1Cc1ccccc1. The second-order valence-electron chi connectivity index (χ2n) is 6.98. The lowest BCUT2D eigenvalue weighted by molar-refractivity contribution is 0.225. The third-order valence-electron chi connectivity index (χ3n) is 5.10. The lowest BCUT2D eigenvalue weighted by Gasteiger charge is -2.26. The number of nitrogens with one attached hydrogen (secondary N) is 1. The first-order valence-corrected chi connectivity index (χ1v) is 9.91. The Balaban J connectivity index is 1.49. The summed E-state index contributed by atoms with van der Waals surface area (Å²) in [6.07, 6.45) is 5.69. The molecule has 2 aromatic heterocycles. The van der Waals surface area contributed by atoms with Gasteiger partial charge in [-0.3, -0.25) is 9.69 Å². The van der Waals surface area contributed by atoms with Gasteiger partial charge in [-0.25, -0.2) is 4.68 Å². The fourth-order valence-corrected chi connectivity index (χ4v) is 3.82. The molecule has 3 aromatic rings. The van der Waals surface area contributed by atoms with Crippen molar-refractivity contribution >= 4 is 17.3 Å². The zero-order valence-corrected chi connectivity index (χ0v) is 16.3. The van der Waals surface area contributed by atoms with Gasteiger partial charge in [0.25, 0.3) is 5.56 Å². The Morgan fingerprint density at radius 1 is 1.14 bits per heavy atom. The topological polar surface area (TPSA) is 63.3 Å². The summed E-state index contributed by atoms with van der Waals surface area (Å²) in [5.41, 5.74) is 1.25. The summed E-state index contributed by atoms with van der Waals surface area (Å²) in [5.74, 6) is 0.913. The van der Waals surface area contributed by atoms with Crippen LogP contribution in [0.25, 0.3) is 0 Å². The molecule has 146 valence electrons. The highest BCUT2D eigenvalue weighted by atomic mass is 35.5. The number of furan rings is 1. The van der Waals surface area contributed by atoms with Crippen LogP contribution in [0.1, 0.15) is 30.2 Å². The molecule has 3 heterocycles. The summed E-state index contributed by atoms with van der Waals surface area (Å²) in [7, 11) is 0. The third kappa shape index (κ3) is 4.13. The highest BCUT2D eigenvalue weighted by Crippen LogP contribution is 2.26. The normalized spacial score (nSPS) is 15.6. The molecule has 1 aliphatic rings. The van der Waals surface area contributed by atoms with E-state index in [1.54, 1.807) is 12.5 Å². The van der Waals surface area contributed by atoms with Crippen molar-refractivity contribution in [2.24, 2.45) is 0 Å². The molecule has 0 amide bonds. The van der Waals surface area contributed by atoms with Gasteiger partial charge in [0.15, 0.2) is 0 Å². The number of hydrogen-bond acceptors (Lipinski definition) is 5. The molecule has 1 unspecified atom stereocenters. The molecule has 0 saturated carbocycles. The van der Waals surface area contributed by atoms with E-state index in [-0.39, 0.29) is 16.6 Å². The van der Waals surface area contributed by atoms with Crippen molar-refractivity contribution in [2.45, 2.75) is 25.4 Å². The van der Waals surface area contributed by atoms with E-state index in [1.165, 1.54) is 17.5 Å². The van der Waals surface area contributed by atoms with Gasteiger partial charge in [-0.15, -0.1) is 0 Å². The van der Waals surface area contributed by atoms with Gasteiger partial charge in [0.1, 0.15) is 10.8 Å². The Morgan fingerprint density at radius 2 is 1.93 bits per heavy atom. The van der Waals surface area contributed by atoms with Crippen LogP contribution in [0.4, 0.5) is 5.69 Å². The van der Waals surface area contributed by atoms with Crippen molar-refractivity contribution in [2.75, 3.05) is 25.0 Å². The van der Waals surface area contributed by atoms with E-state index < -0.39 is 0 Å². The number of anilines is 1. The van der Waals surface area contributed by atoms with Gasteiger partial charge in [0.2, 0.25) is 0 Å². The zero-order valence-electron chi connectivity index (χ0n) is 15.6. The predicted octanol–water partition coefficient (Wildman–Crippen LogP) is 3.79. The fourth-order valence-electron chi connectivity index (χ4n) is 3.61. The maximum Gasteiger partial charge on any atom is 0.287 e. The largest absolute Gasteiger partial charge is 0.468 e.